The molecule has 0 unspecified atom stereocenters. The number of aromatic hydroxyl groups is 1. The molecule has 0 amide bonds. The van der Waals surface area contributed by atoms with Crippen LogP contribution in [0.15, 0.2) is 34.7 Å². The molecule has 19 heavy (non-hydrogen) atoms. The van der Waals surface area contributed by atoms with Crippen LogP contribution in [0.4, 0.5) is 0 Å². The lowest BCUT2D eigenvalue weighted by Gasteiger charge is -2.14. The Bertz CT molecular complexity index is 756. The van der Waals surface area contributed by atoms with Gasteiger partial charge in [0.05, 0.1) is 0 Å². The van der Waals surface area contributed by atoms with Crippen LogP contribution in [0.5, 0.6) is 5.75 Å². The molecule has 1 aromatic heterocycles. The van der Waals surface area contributed by atoms with Crippen LogP contribution in [0.1, 0.15) is 11.1 Å². The normalized spacial score (nSPS) is 11.8. The Labute approximate surface area is 112 Å². The van der Waals surface area contributed by atoms with Crippen LogP contribution in [0, 0.1) is 6.92 Å². The third kappa shape index (κ3) is 1.87. The molecule has 98 valence electrons. The molecule has 0 aliphatic carbocycles. The van der Waals surface area contributed by atoms with Crippen molar-refractivity contribution in [2.75, 3.05) is 14.1 Å². The number of phenolic OH excluding ortho intramolecular Hbond substituents is 1. The van der Waals surface area contributed by atoms with Crippen LogP contribution < -0.4 is 0 Å². The van der Waals surface area contributed by atoms with Gasteiger partial charge in [-0.25, -0.2) is 0 Å². The van der Waals surface area contributed by atoms with Crippen LogP contribution in [-0.2, 0) is 6.54 Å². The fraction of sp³-hybridized carbons (Fsp3) is 0.250. The summed E-state index contributed by atoms with van der Waals surface area (Å²) in [6.45, 7) is 2.59. The lowest BCUT2D eigenvalue weighted by atomic mass is 10.0. The Morgan fingerprint density at radius 1 is 1.16 bits per heavy atom. The van der Waals surface area contributed by atoms with Gasteiger partial charge in [0.15, 0.2) is 0 Å². The maximum atomic E-state index is 10.4. The monoisotopic (exact) mass is 255 g/mol. The number of hydrogen-bond acceptors (Lipinski definition) is 3. The topological polar surface area (TPSA) is 36.6 Å². The lowest BCUT2D eigenvalue weighted by Crippen LogP contribution is -2.11. The van der Waals surface area contributed by atoms with Gasteiger partial charge < -0.3 is 14.4 Å². The van der Waals surface area contributed by atoms with E-state index in [1.54, 1.807) is 0 Å². The second-order valence-electron chi connectivity index (χ2n) is 5.23. The Balaban J connectivity index is 2.44. The summed E-state index contributed by atoms with van der Waals surface area (Å²) in [7, 11) is 3.99. The molecule has 0 saturated carbocycles. The molecule has 2 aromatic carbocycles. The average molecular weight is 255 g/mol. The molecule has 0 aliphatic rings. The smallest absolute Gasteiger partial charge is 0.136 e. The minimum Gasteiger partial charge on any atom is -0.507 e. The molecule has 3 aromatic rings. The molecular formula is C16H17NO2. The van der Waals surface area contributed by atoms with Crippen molar-refractivity contribution in [1.29, 1.82) is 0 Å². The van der Waals surface area contributed by atoms with Gasteiger partial charge in [-0.1, -0.05) is 18.2 Å². The predicted molar refractivity (Wildman–Crippen MR) is 77.5 cm³/mol. The van der Waals surface area contributed by atoms with Crippen LogP contribution in [-0.4, -0.2) is 24.1 Å². The zero-order valence-electron chi connectivity index (χ0n) is 11.4. The number of rotatable bonds is 2. The number of benzene rings is 2. The number of furan rings is 1. The molecule has 0 bridgehead atoms. The summed E-state index contributed by atoms with van der Waals surface area (Å²) in [6.07, 6.45) is 0. The average Bonchev–Trinajstić information content (AvgIpc) is 2.72. The SMILES string of the molecule is Cc1cc2oc3ccccc3c2c(CN(C)C)c1O. The van der Waals surface area contributed by atoms with Crippen molar-refractivity contribution in [3.63, 3.8) is 0 Å². The van der Waals surface area contributed by atoms with Gasteiger partial charge in [-0.15, -0.1) is 0 Å². The Kier molecular flexibility index (Phi) is 2.72. The molecule has 3 nitrogen and oxygen atoms in total. The highest BCUT2D eigenvalue weighted by Gasteiger charge is 2.16. The van der Waals surface area contributed by atoms with Crippen molar-refractivity contribution in [2.45, 2.75) is 13.5 Å². The van der Waals surface area contributed by atoms with E-state index in [4.69, 9.17) is 4.42 Å². The first-order valence-corrected chi connectivity index (χ1v) is 6.35. The molecule has 3 heteroatoms. The maximum Gasteiger partial charge on any atom is 0.136 e. The third-order valence-corrected chi connectivity index (χ3v) is 3.41. The van der Waals surface area contributed by atoms with Crippen LogP contribution in [0.25, 0.3) is 21.9 Å². The summed E-state index contributed by atoms with van der Waals surface area (Å²) in [6, 6.07) is 9.86. The van der Waals surface area contributed by atoms with Gasteiger partial charge in [-0.05, 0) is 38.7 Å². The van der Waals surface area contributed by atoms with E-state index in [1.165, 1.54) is 0 Å². The Hall–Kier alpha value is -2.00. The van der Waals surface area contributed by atoms with E-state index in [0.29, 0.717) is 12.3 Å². The standard InChI is InChI=1S/C16H17NO2/c1-10-8-14-15(12(16(10)18)9-17(2)3)11-6-4-5-7-13(11)19-14/h4-8,18H,9H2,1-3H3. The lowest BCUT2D eigenvalue weighted by molar-refractivity contribution is 0.387. The zero-order chi connectivity index (χ0) is 13.6. The number of hydrogen-bond donors (Lipinski definition) is 1. The minimum atomic E-state index is 0.368. The van der Waals surface area contributed by atoms with Gasteiger partial charge in [-0.3, -0.25) is 0 Å². The largest absolute Gasteiger partial charge is 0.507 e. The summed E-state index contributed by atoms with van der Waals surface area (Å²) < 4.78 is 5.88. The molecule has 1 heterocycles. The van der Waals surface area contributed by atoms with Crippen molar-refractivity contribution in [3.8, 4) is 5.75 Å². The first-order chi connectivity index (χ1) is 9.08. The Morgan fingerprint density at radius 2 is 1.89 bits per heavy atom. The van der Waals surface area contributed by atoms with Gasteiger partial charge in [0.25, 0.3) is 0 Å². The summed E-state index contributed by atoms with van der Waals surface area (Å²) in [5, 5.41) is 12.4. The van der Waals surface area contributed by atoms with E-state index in [9.17, 15) is 5.11 Å². The molecular weight excluding hydrogens is 238 g/mol. The fourth-order valence-corrected chi connectivity index (χ4v) is 2.57. The van der Waals surface area contributed by atoms with Crippen LogP contribution >= 0.6 is 0 Å². The van der Waals surface area contributed by atoms with Crippen molar-refractivity contribution in [2.24, 2.45) is 0 Å². The first-order valence-electron chi connectivity index (χ1n) is 6.35. The third-order valence-electron chi connectivity index (χ3n) is 3.41. The fourth-order valence-electron chi connectivity index (χ4n) is 2.57. The number of fused-ring (bicyclic) bond motifs is 3. The van der Waals surface area contributed by atoms with E-state index in [2.05, 4.69) is 4.90 Å². The molecule has 0 spiro atoms. The van der Waals surface area contributed by atoms with E-state index in [-0.39, 0.29) is 0 Å². The van der Waals surface area contributed by atoms with Crippen molar-refractivity contribution in [1.82, 2.24) is 4.90 Å². The number of phenols is 1. The quantitative estimate of drug-likeness (QED) is 0.759. The molecule has 3 rings (SSSR count). The molecule has 1 N–H and O–H groups in total. The van der Waals surface area contributed by atoms with Gasteiger partial charge in [-0.2, -0.15) is 0 Å². The first kappa shape index (κ1) is 12.1. The summed E-state index contributed by atoms with van der Waals surface area (Å²) in [5.41, 5.74) is 3.49. The number of para-hydroxylation sites is 1. The van der Waals surface area contributed by atoms with E-state index < -0.39 is 0 Å². The maximum absolute atomic E-state index is 10.4. The highest BCUT2D eigenvalue weighted by atomic mass is 16.3. The molecule has 0 aliphatic heterocycles. The molecule has 0 fully saturated rings. The Morgan fingerprint density at radius 3 is 2.63 bits per heavy atom. The summed E-state index contributed by atoms with van der Waals surface area (Å²) in [4.78, 5) is 2.05. The second kappa shape index (κ2) is 4.28. The number of aryl methyl sites for hydroxylation is 1. The van der Waals surface area contributed by atoms with E-state index in [1.807, 2.05) is 51.4 Å². The van der Waals surface area contributed by atoms with E-state index >= 15 is 0 Å². The predicted octanol–water partition coefficient (Wildman–Crippen LogP) is 3.66. The van der Waals surface area contributed by atoms with Crippen LogP contribution in [0.2, 0.25) is 0 Å². The second-order valence-corrected chi connectivity index (χ2v) is 5.23. The minimum absolute atomic E-state index is 0.368. The zero-order valence-corrected chi connectivity index (χ0v) is 11.4. The van der Waals surface area contributed by atoms with Gasteiger partial charge in [0, 0.05) is 22.9 Å². The van der Waals surface area contributed by atoms with Gasteiger partial charge in [0.1, 0.15) is 16.9 Å². The highest BCUT2D eigenvalue weighted by Crippen LogP contribution is 2.37. The molecule has 0 radical (unpaired) electrons. The summed E-state index contributed by atoms with van der Waals surface area (Å²) >= 11 is 0. The highest BCUT2D eigenvalue weighted by molar-refractivity contribution is 6.07. The van der Waals surface area contributed by atoms with E-state index in [0.717, 1.165) is 33.1 Å². The van der Waals surface area contributed by atoms with Crippen LogP contribution in [0.3, 0.4) is 0 Å². The van der Waals surface area contributed by atoms with Gasteiger partial charge >= 0.3 is 0 Å². The van der Waals surface area contributed by atoms with Crippen molar-refractivity contribution >= 4 is 21.9 Å². The van der Waals surface area contributed by atoms with Gasteiger partial charge in [0.2, 0.25) is 0 Å². The molecule has 0 atom stereocenters. The van der Waals surface area contributed by atoms with Crippen molar-refractivity contribution < 1.29 is 9.52 Å². The molecule has 0 saturated heterocycles. The summed E-state index contributed by atoms with van der Waals surface area (Å²) in [5.74, 6) is 0.368. The number of nitrogens with zero attached hydrogens (tertiary/aromatic N) is 1. The van der Waals surface area contributed by atoms with Crippen molar-refractivity contribution in [3.05, 3.63) is 41.5 Å².